The lowest BCUT2D eigenvalue weighted by Crippen LogP contribution is -2.05. The van der Waals surface area contributed by atoms with Gasteiger partial charge in [0, 0.05) is 24.8 Å². The summed E-state index contributed by atoms with van der Waals surface area (Å²) in [5, 5.41) is 3.13. The summed E-state index contributed by atoms with van der Waals surface area (Å²) in [4.78, 5) is 21.3. The van der Waals surface area contributed by atoms with Gasteiger partial charge in [0.25, 0.3) is 0 Å². The fourth-order valence-corrected chi connectivity index (χ4v) is 1.13. The van der Waals surface area contributed by atoms with Crippen LogP contribution in [0.2, 0.25) is 0 Å². The van der Waals surface area contributed by atoms with E-state index in [-0.39, 0.29) is 17.2 Å². The molecule has 0 saturated carbocycles. The molecule has 0 aliphatic carbocycles. The lowest BCUT2D eigenvalue weighted by atomic mass is 10.3. The van der Waals surface area contributed by atoms with Gasteiger partial charge in [0.2, 0.25) is 11.6 Å². The Morgan fingerprint density at radius 1 is 1.32 bits per heavy atom. The summed E-state index contributed by atoms with van der Waals surface area (Å²) in [6, 6.07) is 0. The number of hydrogen-bond acceptors (Lipinski definition) is 7. The van der Waals surface area contributed by atoms with Gasteiger partial charge < -0.3 is 4.52 Å². The highest BCUT2D eigenvalue weighted by molar-refractivity contribution is 7.47. The van der Waals surface area contributed by atoms with Crippen LogP contribution in [0.5, 0.6) is 0 Å². The van der Waals surface area contributed by atoms with Gasteiger partial charge in [0.05, 0.1) is 5.56 Å². The smallest absolute Gasteiger partial charge is 0.329 e. The van der Waals surface area contributed by atoms with Crippen LogP contribution < -0.4 is 0 Å². The second-order valence-electron chi connectivity index (χ2n) is 3.11. The van der Waals surface area contributed by atoms with Crippen LogP contribution in [0.15, 0.2) is 21.3 Å². The molecule has 0 N–H and O–H groups in total. The van der Waals surface area contributed by atoms with Gasteiger partial charge in [-0.05, 0) is 0 Å². The maximum atomic E-state index is 12.2. The first-order chi connectivity index (χ1) is 8.91. The second kappa shape index (κ2) is 4.76. The molecule has 0 spiro atoms. The van der Waals surface area contributed by atoms with Crippen molar-refractivity contribution in [2.24, 2.45) is 4.36 Å². The maximum Gasteiger partial charge on any atom is 0.471 e. The van der Waals surface area contributed by atoms with Gasteiger partial charge in [-0.2, -0.15) is 18.2 Å². The summed E-state index contributed by atoms with van der Waals surface area (Å²) >= 11 is 4.16. The first-order valence-corrected chi connectivity index (χ1v) is 4.89. The number of alkyl halides is 3. The molecule has 1 amide bonds. The van der Waals surface area contributed by atoms with Crippen molar-refractivity contribution in [3.8, 4) is 11.4 Å². The standard InChI is InChI=1S/C8H2F3N5O2S/c9-8(10,11)7-14-4(15-18-7)3-1-12-5(13-2-3)6(17)16-19/h1-2H. The van der Waals surface area contributed by atoms with Gasteiger partial charge in [-0.25, -0.2) is 9.97 Å². The Morgan fingerprint density at radius 3 is 2.42 bits per heavy atom. The Kier molecular flexibility index (Phi) is 3.29. The minimum absolute atomic E-state index is 0.0557. The van der Waals surface area contributed by atoms with E-state index in [0.717, 1.165) is 12.4 Å². The number of halogens is 3. The molecule has 98 valence electrons. The van der Waals surface area contributed by atoms with Gasteiger partial charge in [-0.1, -0.05) is 5.16 Å². The molecular weight excluding hydrogens is 287 g/mol. The van der Waals surface area contributed by atoms with E-state index in [1.807, 2.05) is 0 Å². The number of amides is 1. The third-order valence-corrected chi connectivity index (χ3v) is 2.02. The Bertz CT molecular complexity index is 624. The highest BCUT2D eigenvalue weighted by atomic mass is 32.1. The zero-order valence-corrected chi connectivity index (χ0v) is 9.57. The second-order valence-corrected chi connectivity index (χ2v) is 3.30. The van der Waals surface area contributed by atoms with Crippen molar-refractivity contribution in [3.63, 3.8) is 0 Å². The van der Waals surface area contributed by atoms with Crippen LogP contribution in [0.25, 0.3) is 11.4 Å². The normalized spacial score (nSPS) is 11.3. The third-order valence-electron chi connectivity index (χ3n) is 1.85. The van der Waals surface area contributed by atoms with Crippen molar-refractivity contribution in [1.82, 2.24) is 20.1 Å². The molecule has 0 aliphatic heterocycles. The number of hydrogen-bond donors (Lipinski definition) is 0. The van der Waals surface area contributed by atoms with Crippen molar-refractivity contribution >= 4 is 18.3 Å². The van der Waals surface area contributed by atoms with Gasteiger partial charge in [0.1, 0.15) is 0 Å². The van der Waals surface area contributed by atoms with Crippen molar-refractivity contribution in [2.75, 3.05) is 0 Å². The van der Waals surface area contributed by atoms with Crippen LogP contribution in [0.1, 0.15) is 16.5 Å². The predicted molar refractivity (Wildman–Crippen MR) is 54.4 cm³/mol. The summed E-state index contributed by atoms with van der Waals surface area (Å²) < 4.78 is 43.7. The molecule has 2 aromatic rings. The van der Waals surface area contributed by atoms with Gasteiger partial charge in [-0.3, -0.25) is 4.79 Å². The fourth-order valence-electron chi connectivity index (χ4n) is 1.05. The molecular formula is C8H2F3N5O2S. The van der Waals surface area contributed by atoms with E-state index in [4.69, 9.17) is 0 Å². The first-order valence-electron chi connectivity index (χ1n) is 4.53. The summed E-state index contributed by atoms with van der Waals surface area (Å²) in [7, 11) is 0. The lowest BCUT2D eigenvalue weighted by Gasteiger charge is -1.96. The van der Waals surface area contributed by atoms with Crippen LogP contribution in [0, 0.1) is 0 Å². The van der Waals surface area contributed by atoms with E-state index in [9.17, 15) is 18.0 Å². The van der Waals surface area contributed by atoms with E-state index >= 15 is 0 Å². The van der Waals surface area contributed by atoms with Crippen LogP contribution in [-0.2, 0) is 18.6 Å². The van der Waals surface area contributed by atoms with Crippen molar-refractivity contribution in [1.29, 1.82) is 0 Å². The van der Waals surface area contributed by atoms with E-state index in [2.05, 4.69) is 41.4 Å². The molecule has 0 fully saturated rings. The van der Waals surface area contributed by atoms with Crippen molar-refractivity contribution in [2.45, 2.75) is 6.18 Å². The average Bonchev–Trinajstić information content (AvgIpc) is 2.87. The molecule has 0 unspecified atom stereocenters. The first kappa shape index (κ1) is 13.1. The highest BCUT2D eigenvalue weighted by Gasteiger charge is 2.38. The number of carbonyl (C=O) groups excluding carboxylic acids is 1. The molecule has 7 nitrogen and oxygen atoms in total. The van der Waals surface area contributed by atoms with Gasteiger partial charge in [0.15, 0.2) is 0 Å². The molecule has 2 rings (SSSR count). The summed E-state index contributed by atoms with van der Waals surface area (Å²) in [5.41, 5.74) is 0.0557. The Morgan fingerprint density at radius 2 is 1.95 bits per heavy atom. The Hall–Kier alpha value is -2.30. The lowest BCUT2D eigenvalue weighted by molar-refractivity contribution is -0.159. The molecule has 0 bridgehead atoms. The predicted octanol–water partition coefficient (Wildman–Crippen LogP) is 1.42. The van der Waals surface area contributed by atoms with E-state index < -0.39 is 18.0 Å². The average molecular weight is 289 g/mol. The molecule has 11 heteroatoms. The van der Waals surface area contributed by atoms with Crippen molar-refractivity contribution < 1.29 is 22.5 Å². The molecule has 2 aromatic heterocycles. The minimum atomic E-state index is -4.73. The van der Waals surface area contributed by atoms with E-state index in [1.165, 1.54) is 0 Å². The van der Waals surface area contributed by atoms with Crippen LogP contribution in [0.4, 0.5) is 13.2 Å². The molecule has 19 heavy (non-hydrogen) atoms. The summed E-state index contributed by atoms with van der Waals surface area (Å²) in [6.45, 7) is 0. The molecule has 0 aromatic carbocycles. The van der Waals surface area contributed by atoms with Crippen molar-refractivity contribution in [3.05, 3.63) is 24.1 Å². The van der Waals surface area contributed by atoms with E-state index in [1.54, 1.807) is 0 Å². The third kappa shape index (κ3) is 2.76. The quantitative estimate of drug-likeness (QED) is 0.825. The van der Waals surface area contributed by atoms with Crippen LogP contribution >= 0.6 is 0 Å². The topological polar surface area (TPSA) is 94.1 Å². The largest absolute Gasteiger partial charge is 0.471 e. The molecule has 2 heterocycles. The highest BCUT2D eigenvalue weighted by Crippen LogP contribution is 2.28. The van der Waals surface area contributed by atoms with Gasteiger partial charge in [-0.15, -0.1) is 4.36 Å². The zero-order chi connectivity index (χ0) is 14.0. The molecule has 0 aliphatic rings. The minimum Gasteiger partial charge on any atom is -0.329 e. The Balaban J connectivity index is 2.30. The van der Waals surface area contributed by atoms with Crippen LogP contribution in [0.3, 0.4) is 0 Å². The van der Waals surface area contributed by atoms with E-state index in [0.29, 0.717) is 0 Å². The zero-order valence-electron chi connectivity index (χ0n) is 8.75. The summed E-state index contributed by atoms with van der Waals surface area (Å²) in [5.74, 6) is -2.94. The maximum absolute atomic E-state index is 12.2. The van der Waals surface area contributed by atoms with Gasteiger partial charge >= 0.3 is 18.0 Å². The SMILES string of the molecule is O=C(N=S)c1ncc(-c2noc(C(F)(F)F)n2)cn1. The number of carbonyl (C=O) groups is 1. The Labute approximate surface area is 108 Å². The fraction of sp³-hybridized carbons (Fsp3) is 0.125. The molecule has 0 atom stereocenters. The van der Waals surface area contributed by atoms with Crippen LogP contribution in [-0.4, -0.2) is 26.0 Å². The summed E-state index contributed by atoms with van der Waals surface area (Å²) in [6.07, 6.45) is -2.61. The number of rotatable bonds is 2. The number of aromatic nitrogens is 4. The number of nitrogens with zero attached hydrogens (tertiary/aromatic N) is 5. The monoisotopic (exact) mass is 289 g/mol. The molecule has 0 saturated heterocycles. The molecule has 0 radical (unpaired) electrons.